The lowest BCUT2D eigenvalue weighted by Gasteiger charge is -2.26. The van der Waals surface area contributed by atoms with Crippen LogP contribution >= 0.6 is 11.3 Å². The molecule has 1 heterocycles. The number of rotatable bonds is 0. The van der Waals surface area contributed by atoms with Crippen LogP contribution in [0.2, 0.25) is 0 Å². The second kappa shape index (κ2) is 3.29. The minimum atomic E-state index is 0.488. The van der Waals surface area contributed by atoms with Crippen LogP contribution in [0.3, 0.4) is 0 Å². The van der Waals surface area contributed by atoms with Crippen molar-refractivity contribution >= 4 is 16.3 Å². The van der Waals surface area contributed by atoms with Crippen LogP contribution in [0.1, 0.15) is 42.2 Å². The third kappa shape index (κ3) is 1.22. The Bertz CT molecular complexity index is 400. The molecule has 1 aliphatic rings. The van der Waals surface area contributed by atoms with E-state index in [9.17, 15) is 0 Å². The van der Waals surface area contributed by atoms with E-state index in [4.69, 9.17) is 11.0 Å². The van der Waals surface area contributed by atoms with E-state index in [0.29, 0.717) is 16.8 Å². The summed E-state index contributed by atoms with van der Waals surface area (Å²) in [6.45, 7) is 4.46. The normalized spacial score (nSPS) is 25.5. The number of hydrogen-bond acceptors (Lipinski definition) is 3. The number of fused-ring (bicyclic) bond motifs is 1. The summed E-state index contributed by atoms with van der Waals surface area (Å²) in [5.41, 5.74) is 7.81. The average Bonchev–Trinajstić information content (AvgIpc) is 2.48. The van der Waals surface area contributed by atoms with E-state index in [1.165, 1.54) is 16.9 Å². The molecule has 0 aliphatic heterocycles. The topological polar surface area (TPSA) is 49.8 Å². The van der Waals surface area contributed by atoms with Gasteiger partial charge >= 0.3 is 0 Å². The summed E-state index contributed by atoms with van der Waals surface area (Å²) in [4.78, 5) is 1.34. The van der Waals surface area contributed by atoms with E-state index in [1.54, 1.807) is 11.3 Å². The maximum Gasteiger partial charge on any atom is 0.104 e. The Kier molecular flexibility index (Phi) is 2.24. The van der Waals surface area contributed by atoms with Crippen LogP contribution in [0, 0.1) is 17.2 Å². The molecule has 1 aromatic heterocycles. The van der Waals surface area contributed by atoms with Crippen molar-refractivity contribution in [3.05, 3.63) is 16.0 Å². The molecule has 2 atom stereocenters. The minimum absolute atomic E-state index is 0.488. The van der Waals surface area contributed by atoms with Crippen LogP contribution in [0.25, 0.3) is 0 Å². The number of nitrogens with two attached hydrogens (primary N) is 1. The van der Waals surface area contributed by atoms with E-state index < -0.39 is 0 Å². The minimum Gasteiger partial charge on any atom is -0.389 e. The Morgan fingerprint density at radius 1 is 1.50 bits per heavy atom. The van der Waals surface area contributed by atoms with Gasteiger partial charge in [-0.25, -0.2) is 0 Å². The fourth-order valence-corrected chi connectivity index (χ4v) is 3.33. The maximum atomic E-state index is 9.04. The van der Waals surface area contributed by atoms with Gasteiger partial charge in [0.15, 0.2) is 0 Å². The van der Waals surface area contributed by atoms with Crippen LogP contribution in [-0.2, 0) is 6.42 Å². The van der Waals surface area contributed by atoms with Crippen molar-refractivity contribution < 1.29 is 0 Å². The summed E-state index contributed by atoms with van der Waals surface area (Å²) in [5.74, 6) is 1.16. The smallest absolute Gasteiger partial charge is 0.104 e. The van der Waals surface area contributed by atoms with Gasteiger partial charge in [-0.1, -0.05) is 13.8 Å². The lowest BCUT2D eigenvalue weighted by Crippen LogP contribution is -2.14. The molecule has 0 radical (unpaired) electrons. The highest BCUT2D eigenvalue weighted by Gasteiger charge is 2.28. The summed E-state index contributed by atoms with van der Waals surface area (Å²) in [6.07, 6.45) is 2.32. The molecule has 0 saturated heterocycles. The quantitative estimate of drug-likeness (QED) is 0.709. The van der Waals surface area contributed by atoms with Crippen molar-refractivity contribution in [2.45, 2.75) is 32.6 Å². The standard InChI is InChI=1S/C11H14N2S/c1-6-3-4-9-10(7(6)2)8(5-12)11(13)14-9/h6-7H,3-4,13H2,1-2H3/t6-,7-/m1/s1. The molecule has 0 amide bonds. The number of anilines is 1. The van der Waals surface area contributed by atoms with Gasteiger partial charge in [-0.3, -0.25) is 0 Å². The molecule has 0 unspecified atom stereocenters. The maximum absolute atomic E-state index is 9.04. The van der Waals surface area contributed by atoms with Crippen molar-refractivity contribution in [1.82, 2.24) is 0 Å². The molecule has 0 saturated carbocycles. The summed E-state index contributed by atoms with van der Waals surface area (Å²) in [6, 6.07) is 2.24. The first kappa shape index (κ1) is 9.54. The summed E-state index contributed by atoms with van der Waals surface area (Å²) >= 11 is 1.60. The van der Waals surface area contributed by atoms with Gasteiger partial charge in [-0.05, 0) is 30.2 Å². The monoisotopic (exact) mass is 206 g/mol. The molecular weight excluding hydrogens is 192 g/mol. The molecule has 1 aromatic rings. The molecule has 3 heteroatoms. The molecule has 2 rings (SSSR count). The van der Waals surface area contributed by atoms with E-state index >= 15 is 0 Å². The second-order valence-electron chi connectivity index (χ2n) is 4.09. The summed E-state index contributed by atoms with van der Waals surface area (Å²) in [5, 5.41) is 9.75. The average molecular weight is 206 g/mol. The molecular formula is C11H14N2S. The Labute approximate surface area is 88.4 Å². The van der Waals surface area contributed by atoms with Gasteiger partial charge in [0.2, 0.25) is 0 Å². The molecule has 2 N–H and O–H groups in total. The number of hydrogen-bond donors (Lipinski definition) is 1. The van der Waals surface area contributed by atoms with Gasteiger partial charge in [0.25, 0.3) is 0 Å². The van der Waals surface area contributed by atoms with E-state index in [2.05, 4.69) is 19.9 Å². The van der Waals surface area contributed by atoms with Crippen LogP contribution in [0.15, 0.2) is 0 Å². The van der Waals surface area contributed by atoms with Crippen LogP contribution in [0.5, 0.6) is 0 Å². The zero-order valence-corrected chi connectivity index (χ0v) is 9.32. The van der Waals surface area contributed by atoms with Gasteiger partial charge in [0, 0.05) is 4.88 Å². The van der Waals surface area contributed by atoms with Gasteiger partial charge in [0.1, 0.15) is 11.1 Å². The molecule has 2 nitrogen and oxygen atoms in total. The van der Waals surface area contributed by atoms with Gasteiger partial charge in [-0.15, -0.1) is 11.3 Å². The fourth-order valence-electron chi connectivity index (χ4n) is 2.19. The van der Waals surface area contributed by atoms with Crippen LogP contribution < -0.4 is 5.73 Å². The lowest BCUT2D eigenvalue weighted by atomic mass is 9.79. The third-order valence-electron chi connectivity index (χ3n) is 3.30. The van der Waals surface area contributed by atoms with Gasteiger partial charge in [-0.2, -0.15) is 5.26 Å². The zero-order chi connectivity index (χ0) is 10.3. The highest BCUT2D eigenvalue weighted by Crippen LogP contribution is 2.43. The van der Waals surface area contributed by atoms with E-state index in [1.807, 2.05) is 0 Å². The second-order valence-corrected chi connectivity index (χ2v) is 5.23. The third-order valence-corrected chi connectivity index (χ3v) is 4.39. The van der Waals surface area contributed by atoms with E-state index in [0.717, 1.165) is 12.0 Å². The Hall–Kier alpha value is -1.01. The molecule has 0 fully saturated rings. The lowest BCUT2D eigenvalue weighted by molar-refractivity contribution is 0.430. The summed E-state index contributed by atoms with van der Waals surface area (Å²) in [7, 11) is 0. The molecule has 0 bridgehead atoms. The van der Waals surface area contributed by atoms with Crippen molar-refractivity contribution in [3.8, 4) is 6.07 Å². The van der Waals surface area contributed by atoms with Crippen LogP contribution in [0.4, 0.5) is 5.00 Å². The van der Waals surface area contributed by atoms with Crippen molar-refractivity contribution in [3.63, 3.8) is 0 Å². The fraction of sp³-hybridized carbons (Fsp3) is 0.545. The number of aryl methyl sites for hydroxylation is 1. The predicted octanol–water partition coefficient (Wildman–Crippen LogP) is 2.89. The largest absolute Gasteiger partial charge is 0.389 e. The highest BCUT2D eigenvalue weighted by atomic mass is 32.1. The van der Waals surface area contributed by atoms with Crippen LogP contribution in [-0.4, -0.2) is 0 Å². The SMILES string of the molecule is C[C@@H]1CCc2sc(N)c(C#N)c2[C@@H]1C. The molecule has 0 spiro atoms. The van der Waals surface area contributed by atoms with Crippen molar-refractivity contribution in [2.75, 3.05) is 5.73 Å². The van der Waals surface area contributed by atoms with Gasteiger partial charge < -0.3 is 5.73 Å². The number of nitriles is 1. The summed E-state index contributed by atoms with van der Waals surface area (Å²) < 4.78 is 0. The zero-order valence-electron chi connectivity index (χ0n) is 8.50. The van der Waals surface area contributed by atoms with E-state index in [-0.39, 0.29) is 0 Å². The number of thiophene rings is 1. The Morgan fingerprint density at radius 3 is 2.86 bits per heavy atom. The predicted molar refractivity (Wildman–Crippen MR) is 59.3 cm³/mol. The van der Waals surface area contributed by atoms with Crippen molar-refractivity contribution in [1.29, 1.82) is 5.26 Å². The molecule has 0 aromatic carbocycles. The number of nitrogen functional groups attached to an aromatic ring is 1. The molecule has 14 heavy (non-hydrogen) atoms. The number of nitrogens with zero attached hydrogens (tertiary/aromatic N) is 1. The first-order valence-corrected chi connectivity index (χ1v) is 5.78. The molecule has 1 aliphatic carbocycles. The first-order chi connectivity index (χ1) is 6.65. The Morgan fingerprint density at radius 2 is 2.21 bits per heavy atom. The van der Waals surface area contributed by atoms with Crippen molar-refractivity contribution in [2.24, 2.45) is 5.92 Å². The Balaban J connectivity index is 2.58. The first-order valence-electron chi connectivity index (χ1n) is 4.96. The highest BCUT2D eigenvalue weighted by molar-refractivity contribution is 7.16. The van der Waals surface area contributed by atoms with Gasteiger partial charge in [0.05, 0.1) is 5.56 Å². The molecule has 74 valence electrons.